The van der Waals surface area contributed by atoms with Crippen LogP contribution in [0.2, 0.25) is 0 Å². The maximum atomic E-state index is 12.3. The van der Waals surface area contributed by atoms with Crippen molar-refractivity contribution in [2.24, 2.45) is 23.2 Å². The van der Waals surface area contributed by atoms with Gasteiger partial charge in [-0.3, -0.25) is 14.9 Å². The van der Waals surface area contributed by atoms with Gasteiger partial charge in [-0.25, -0.2) is 0 Å². The van der Waals surface area contributed by atoms with Crippen molar-refractivity contribution >= 4 is 11.8 Å². The number of imide groups is 1. The Hall–Kier alpha value is -0.860. The first-order valence-electron chi connectivity index (χ1n) is 8.19. The van der Waals surface area contributed by atoms with Gasteiger partial charge in [0.15, 0.2) is 0 Å². The number of carbonyl (C=O) groups is 2. The van der Waals surface area contributed by atoms with E-state index in [1.807, 2.05) is 0 Å². The van der Waals surface area contributed by atoms with E-state index in [0.717, 1.165) is 38.5 Å². The fourth-order valence-corrected chi connectivity index (χ4v) is 3.52. The van der Waals surface area contributed by atoms with Gasteiger partial charge in [0.2, 0.25) is 11.8 Å². The van der Waals surface area contributed by atoms with Gasteiger partial charge in [-0.2, -0.15) is 0 Å². The zero-order valence-electron chi connectivity index (χ0n) is 13.8. The van der Waals surface area contributed by atoms with Crippen molar-refractivity contribution < 1.29 is 9.59 Å². The molecule has 3 unspecified atom stereocenters. The summed E-state index contributed by atoms with van der Waals surface area (Å²) in [5.74, 6) is -0.112. The van der Waals surface area contributed by atoms with Crippen LogP contribution in [0.3, 0.4) is 0 Å². The molecule has 3 nitrogen and oxygen atoms in total. The average Bonchev–Trinajstić information content (AvgIpc) is 2.69. The minimum atomic E-state index is -0.159. The van der Waals surface area contributed by atoms with Gasteiger partial charge >= 0.3 is 0 Å². The summed E-state index contributed by atoms with van der Waals surface area (Å²) < 4.78 is 0. The highest BCUT2D eigenvalue weighted by molar-refractivity contribution is 6.05. The predicted octanol–water partition coefficient (Wildman–Crippen LogP) is 3.92. The second-order valence-electron chi connectivity index (χ2n) is 7.07. The Morgan fingerprint density at radius 1 is 1.10 bits per heavy atom. The van der Waals surface area contributed by atoms with Gasteiger partial charge in [-0.1, -0.05) is 60.3 Å². The van der Waals surface area contributed by atoms with Gasteiger partial charge < -0.3 is 0 Å². The standard InChI is InChI=1S/C17H31NO2/c1-6-8-10-12(3)13-14(16(20)18-15(13)19)17(4,5)11-9-7-2/h12-14H,6-11H2,1-5H3,(H,18,19,20). The lowest BCUT2D eigenvalue weighted by atomic mass is 9.66. The molecule has 0 aromatic heterocycles. The van der Waals surface area contributed by atoms with Crippen LogP contribution in [0.25, 0.3) is 0 Å². The van der Waals surface area contributed by atoms with Gasteiger partial charge in [0, 0.05) is 0 Å². The Labute approximate surface area is 123 Å². The van der Waals surface area contributed by atoms with Crippen molar-refractivity contribution in [3.63, 3.8) is 0 Å². The zero-order valence-corrected chi connectivity index (χ0v) is 13.8. The number of hydrogen-bond donors (Lipinski definition) is 1. The van der Waals surface area contributed by atoms with Crippen LogP contribution in [0.15, 0.2) is 0 Å². The second-order valence-corrected chi connectivity index (χ2v) is 7.07. The minimum absolute atomic E-state index is 0.0480. The molecule has 1 fully saturated rings. The molecule has 116 valence electrons. The topological polar surface area (TPSA) is 46.2 Å². The van der Waals surface area contributed by atoms with Gasteiger partial charge in [0.1, 0.15) is 0 Å². The third kappa shape index (κ3) is 3.83. The summed E-state index contributed by atoms with van der Waals surface area (Å²) in [6.07, 6.45) is 6.54. The highest BCUT2D eigenvalue weighted by atomic mass is 16.2. The molecule has 0 aromatic rings. The maximum absolute atomic E-state index is 12.3. The molecule has 1 aliphatic rings. The summed E-state index contributed by atoms with van der Waals surface area (Å²) >= 11 is 0. The number of hydrogen-bond acceptors (Lipinski definition) is 2. The first-order valence-corrected chi connectivity index (χ1v) is 8.19. The molecule has 0 bridgehead atoms. The van der Waals surface area contributed by atoms with Crippen LogP contribution >= 0.6 is 0 Å². The van der Waals surface area contributed by atoms with E-state index >= 15 is 0 Å². The van der Waals surface area contributed by atoms with E-state index in [0.29, 0.717) is 0 Å². The number of unbranched alkanes of at least 4 members (excludes halogenated alkanes) is 2. The number of rotatable bonds is 8. The van der Waals surface area contributed by atoms with E-state index in [2.05, 4.69) is 39.9 Å². The molecular weight excluding hydrogens is 250 g/mol. The minimum Gasteiger partial charge on any atom is -0.296 e. The van der Waals surface area contributed by atoms with E-state index < -0.39 is 0 Å². The van der Waals surface area contributed by atoms with Crippen LogP contribution in [0.5, 0.6) is 0 Å². The molecule has 1 aliphatic heterocycles. The molecule has 1 saturated heterocycles. The third-order valence-electron chi connectivity index (χ3n) is 4.83. The summed E-state index contributed by atoms with van der Waals surface area (Å²) in [5, 5.41) is 2.58. The Balaban J connectivity index is 2.88. The lowest BCUT2D eigenvalue weighted by Gasteiger charge is -2.35. The van der Waals surface area contributed by atoms with Crippen LogP contribution in [0.1, 0.15) is 73.1 Å². The summed E-state index contributed by atoms with van der Waals surface area (Å²) in [4.78, 5) is 24.4. The van der Waals surface area contributed by atoms with E-state index in [-0.39, 0.29) is 35.0 Å². The molecule has 0 aromatic carbocycles. The SMILES string of the molecule is CCCCC(C)C1C(=O)NC(=O)C1C(C)(C)CCCC. The molecule has 1 rings (SSSR count). The third-order valence-corrected chi connectivity index (χ3v) is 4.83. The van der Waals surface area contributed by atoms with Crippen LogP contribution in [0, 0.1) is 23.2 Å². The van der Waals surface area contributed by atoms with E-state index in [1.165, 1.54) is 0 Å². The Morgan fingerprint density at radius 3 is 2.25 bits per heavy atom. The normalized spacial score (nSPS) is 24.9. The quantitative estimate of drug-likeness (QED) is 0.685. The van der Waals surface area contributed by atoms with Crippen molar-refractivity contribution in [1.82, 2.24) is 5.32 Å². The first-order chi connectivity index (χ1) is 9.35. The fourth-order valence-electron chi connectivity index (χ4n) is 3.52. The van der Waals surface area contributed by atoms with Gasteiger partial charge in [-0.05, 0) is 24.2 Å². The van der Waals surface area contributed by atoms with Gasteiger partial charge in [0.25, 0.3) is 0 Å². The highest BCUT2D eigenvalue weighted by Crippen LogP contribution is 2.43. The molecule has 0 spiro atoms. The van der Waals surface area contributed by atoms with Crippen molar-refractivity contribution in [3.8, 4) is 0 Å². The molecule has 20 heavy (non-hydrogen) atoms. The lowest BCUT2D eigenvalue weighted by Crippen LogP contribution is -2.36. The van der Waals surface area contributed by atoms with Crippen molar-refractivity contribution in [1.29, 1.82) is 0 Å². The zero-order chi connectivity index (χ0) is 15.3. The maximum Gasteiger partial charge on any atom is 0.231 e. The average molecular weight is 281 g/mol. The first kappa shape index (κ1) is 17.2. The van der Waals surface area contributed by atoms with Crippen LogP contribution in [-0.2, 0) is 9.59 Å². The molecule has 2 amide bonds. The highest BCUT2D eigenvalue weighted by Gasteiger charge is 2.50. The number of carbonyl (C=O) groups excluding carboxylic acids is 2. The van der Waals surface area contributed by atoms with E-state index in [1.54, 1.807) is 0 Å². The predicted molar refractivity (Wildman–Crippen MR) is 82.1 cm³/mol. The lowest BCUT2D eigenvalue weighted by molar-refractivity contribution is -0.127. The summed E-state index contributed by atoms with van der Waals surface area (Å²) in [7, 11) is 0. The summed E-state index contributed by atoms with van der Waals surface area (Å²) in [6, 6.07) is 0. The molecule has 0 radical (unpaired) electrons. The molecule has 1 heterocycles. The second kappa shape index (κ2) is 7.24. The van der Waals surface area contributed by atoms with Crippen LogP contribution in [-0.4, -0.2) is 11.8 Å². The van der Waals surface area contributed by atoms with Crippen molar-refractivity contribution in [2.45, 2.75) is 73.1 Å². The van der Waals surface area contributed by atoms with Crippen molar-refractivity contribution in [2.75, 3.05) is 0 Å². The molecule has 3 heteroatoms. The van der Waals surface area contributed by atoms with E-state index in [4.69, 9.17) is 0 Å². The molecule has 0 saturated carbocycles. The molecular formula is C17H31NO2. The van der Waals surface area contributed by atoms with E-state index in [9.17, 15) is 9.59 Å². The molecule has 0 aliphatic carbocycles. The molecule has 3 atom stereocenters. The number of nitrogens with one attached hydrogen (secondary N) is 1. The Bertz CT molecular complexity index is 349. The summed E-state index contributed by atoms with van der Waals surface area (Å²) in [5.41, 5.74) is -0.0998. The Morgan fingerprint density at radius 2 is 1.70 bits per heavy atom. The van der Waals surface area contributed by atoms with Gasteiger partial charge in [-0.15, -0.1) is 0 Å². The van der Waals surface area contributed by atoms with Crippen LogP contribution < -0.4 is 5.32 Å². The largest absolute Gasteiger partial charge is 0.296 e. The summed E-state index contributed by atoms with van der Waals surface area (Å²) in [6.45, 7) is 10.7. The molecule has 1 N–H and O–H groups in total. The number of amides is 2. The fraction of sp³-hybridized carbons (Fsp3) is 0.882. The monoisotopic (exact) mass is 281 g/mol. The smallest absolute Gasteiger partial charge is 0.231 e. The Kier molecular flexibility index (Phi) is 6.22. The van der Waals surface area contributed by atoms with Crippen molar-refractivity contribution in [3.05, 3.63) is 0 Å². The van der Waals surface area contributed by atoms with Gasteiger partial charge in [0.05, 0.1) is 11.8 Å². The van der Waals surface area contributed by atoms with Crippen LogP contribution in [0.4, 0.5) is 0 Å².